The van der Waals surface area contributed by atoms with Crippen LogP contribution >= 0.6 is 0 Å². The molecule has 1 aliphatic heterocycles. The van der Waals surface area contributed by atoms with Gasteiger partial charge in [0.15, 0.2) is 0 Å². The van der Waals surface area contributed by atoms with Gasteiger partial charge in [0.1, 0.15) is 0 Å². The van der Waals surface area contributed by atoms with Crippen LogP contribution in [0.5, 0.6) is 0 Å². The van der Waals surface area contributed by atoms with Gasteiger partial charge in [0.25, 0.3) is 0 Å². The summed E-state index contributed by atoms with van der Waals surface area (Å²) in [4.78, 5) is 0.365. The molecule has 0 saturated carbocycles. The fourth-order valence-corrected chi connectivity index (χ4v) is 4.52. The Balaban J connectivity index is 2.39. The fraction of sp³-hybridized carbons (Fsp3) is 0.571. The first-order chi connectivity index (χ1) is 9.27. The number of sulfonamides is 1. The van der Waals surface area contributed by atoms with Gasteiger partial charge in [-0.05, 0) is 50.5 Å². The molecule has 1 fully saturated rings. The molecule has 1 aromatic carbocycles. The zero-order valence-corrected chi connectivity index (χ0v) is 13.2. The second-order valence-electron chi connectivity index (χ2n) is 5.66. The molecule has 0 aromatic heterocycles. The van der Waals surface area contributed by atoms with E-state index in [1.54, 1.807) is 0 Å². The summed E-state index contributed by atoms with van der Waals surface area (Å²) in [6, 6.07) is 3.68. The maximum absolute atomic E-state index is 12.6. The van der Waals surface area contributed by atoms with Crippen LogP contribution in [0, 0.1) is 13.8 Å². The van der Waals surface area contributed by atoms with Crippen LogP contribution in [0.2, 0.25) is 0 Å². The van der Waals surface area contributed by atoms with Gasteiger partial charge in [-0.1, -0.05) is 0 Å². The highest BCUT2D eigenvalue weighted by atomic mass is 32.2. The lowest BCUT2D eigenvalue weighted by atomic mass is 10.0. The molecule has 1 aliphatic rings. The molecule has 1 unspecified atom stereocenters. The van der Waals surface area contributed by atoms with Crippen molar-refractivity contribution >= 4 is 15.7 Å². The summed E-state index contributed by atoms with van der Waals surface area (Å²) < 4.78 is 33.4. The maximum Gasteiger partial charge on any atom is 0.241 e. The summed E-state index contributed by atoms with van der Waals surface area (Å²) in [5, 5.41) is 3.03. The zero-order chi connectivity index (χ0) is 15.0. The standard InChI is InChI=1S/C14H22N2O3S/c1-10-7-12(15-4)8-11(2)13(10)20(17,18)16-14(3)5-6-19-9-14/h7-8,15-16H,5-6,9H2,1-4H3. The Bertz CT molecular complexity index is 582. The van der Waals surface area contributed by atoms with Gasteiger partial charge < -0.3 is 10.1 Å². The third-order valence-electron chi connectivity index (χ3n) is 3.62. The zero-order valence-electron chi connectivity index (χ0n) is 12.4. The summed E-state index contributed by atoms with van der Waals surface area (Å²) in [6.07, 6.45) is 0.693. The van der Waals surface area contributed by atoms with Crippen molar-refractivity contribution < 1.29 is 13.2 Å². The molecule has 0 radical (unpaired) electrons. The Labute approximate surface area is 120 Å². The van der Waals surface area contributed by atoms with Crippen molar-refractivity contribution in [1.29, 1.82) is 0 Å². The predicted octanol–water partition coefficient (Wildman–Crippen LogP) is 1.80. The van der Waals surface area contributed by atoms with E-state index in [0.717, 1.165) is 16.8 Å². The molecule has 0 aliphatic carbocycles. The molecule has 5 nitrogen and oxygen atoms in total. The number of hydrogen-bond donors (Lipinski definition) is 2. The minimum atomic E-state index is -3.55. The highest BCUT2D eigenvalue weighted by molar-refractivity contribution is 7.89. The van der Waals surface area contributed by atoms with Crippen molar-refractivity contribution in [3.8, 4) is 0 Å². The number of nitrogens with one attached hydrogen (secondary N) is 2. The Kier molecular flexibility index (Phi) is 4.09. The van der Waals surface area contributed by atoms with Crippen molar-refractivity contribution in [3.05, 3.63) is 23.3 Å². The van der Waals surface area contributed by atoms with Crippen LogP contribution in [0.15, 0.2) is 17.0 Å². The van der Waals surface area contributed by atoms with Crippen LogP contribution in [0.1, 0.15) is 24.5 Å². The lowest BCUT2D eigenvalue weighted by Crippen LogP contribution is -2.46. The smallest absolute Gasteiger partial charge is 0.241 e. The van der Waals surface area contributed by atoms with E-state index in [1.165, 1.54) is 0 Å². The minimum absolute atomic E-state index is 0.365. The number of anilines is 1. The number of ether oxygens (including phenoxy) is 1. The normalized spacial score (nSPS) is 23.0. The molecule has 1 saturated heterocycles. The van der Waals surface area contributed by atoms with Gasteiger partial charge in [-0.15, -0.1) is 0 Å². The van der Waals surface area contributed by atoms with Crippen molar-refractivity contribution in [2.75, 3.05) is 25.6 Å². The highest BCUT2D eigenvalue weighted by Crippen LogP contribution is 2.27. The van der Waals surface area contributed by atoms with E-state index in [0.29, 0.717) is 24.5 Å². The molecule has 1 heterocycles. The monoisotopic (exact) mass is 298 g/mol. The van der Waals surface area contributed by atoms with Gasteiger partial charge >= 0.3 is 0 Å². The van der Waals surface area contributed by atoms with Gasteiger partial charge in [0.2, 0.25) is 10.0 Å². The summed E-state index contributed by atoms with van der Waals surface area (Å²) in [7, 11) is -1.73. The van der Waals surface area contributed by atoms with Crippen LogP contribution in [-0.4, -0.2) is 34.2 Å². The minimum Gasteiger partial charge on any atom is -0.388 e. The molecule has 112 valence electrons. The van der Waals surface area contributed by atoms with E-state index in [-0.39, 0.29) is 0 Å². The fourth-order valence-electron chi connectivity index (χ4n) is 2.64. The van der Waals surface area contributed by atoms with E-state index in [9.17, 15) is 8.42 Å². The van der Waals surface area contributed by atoms with Crippen LogP contribution in [0.3, 0.4) is 0 Å². The molecule has 20 heavy (non-hydrogen) atoms. The first-order valence-corrected chi connectivity index (χ1v) is 8.16. The van der Waals surface area contributed by atoms with Gasteiger partial charge in [0.05, 0.1) is 17.0 Å². The van der Waals surface area contributed by atoms with E-state index < -0.39 is 15.6 Å². The van der Waals surface area contributed by atoms with E-state index >= 15 is 0 Å². The molecule has 6 heteroatoms. The molecule has 2 rings (SSSR count). The van der Waals surface area contributed by atoms with Crippen LogP contribution in [0.25, 0.3) is 0 Å². The molecule has 0 spiro atoms. The molecule has 2 N–H and O–H groups in total. The van der Waals surface area contributed by atoms with Crippen molar-refractivity contribution in [2.45, 2.75) is 37.6 Å². The van der Waals surface area contributed by atoms with Crippen LogP contribution in [0.4, 0.5) is 5.69 Å². The summed E-state index contributed by atoms with van der Waals surface area (Å²) in [5.74, 6) is 0. The highest BCUT2D eigenvalue weighted by Gasteiger charge is 2.35. The number of aryl methyl sites for hydroxylation is 2. The molecule has 0 bridgehead atoms. The summed E-state index contributed by atoms with van der Waals surface area (Å²) >= 11 is 0. The summed E-state index contributed by atoms with van der Waals surface area (Å²) in [6.45, 7) is 6.52. The van der Waals surface area contributed by atoms with Crippen molar-refractivity contribution in [3.63, 3.8) is 0 Å². The number of hydrogen-bond acceptors (Lipinski definition) is 4. The predicted molar refractivity (Wildman–Crippen MR) is 79.6 cm³/mol. The summed E-state index contributed by atoms with van der Waals surface area (Å²) in [5.41, 5.74) is 1.88. The topological polar surface area (TPSA) is 67.4 Å². The molecular weight excluding hydrogens is 276 g/mol. The van der Waals surface area contributed by atoms with Gasteiger partial charge in [-0.3, -0.25) is 0 Å². The van der Waals surface area contributed by atoms with Crippen molar-refractivity contribution in [1.82, 2.24) is 4.72 Å². The number of rotatable bonds is 4. The van der Waals surface area contributed by atoms with Gasteiger partial charge in [-0.25, -0.2) is 13.1 Å². The van der Waals surface area contributed by atoms with E-state index in [2.05, 4.69) is 10.0 Å². The number of benzene rings is 1. The average molecular weight is 298 g/mol. The Morgan fingerprint density at radius 3 is 2.30 bits per heavy atom. The van der Waals surface area contributed by atoms with Crippen LogP contribution < -0.4 is 10.0 Å². The molecular formula is C14H22N2O3S. The third kappa shape index (κ3) is 2.97. The van der Waals surface area contributed by atoms with Crippen LogP contribution in [-0.2, 0) is 14.8 Å². The maximum atomic E-state index is 12.6. The Hall–Kier alpha value is -1.11. The molecule has 0 amide bonds. The second-order valence-corrected chi connectivity index (χ2v) is 7.28. The lowest BCUT2D eigenvalue weighted by molar-refractivity contribution is 0.178. The average Bonchev–Trinajstić information content (AvgIpc) is 2.72. The first kappa shape index (κ1) is 15.3. The van der Waals surface area contributed by atoms with Crippen molar-refractivity contribution in [2.24, 2.45) is 0 Å². The van der Waals surface area contributed by atoms with E-state index in [1.807, 2.05) is 40.0 Å². The molecule has 1 aromatic rings. The van der Waals surface area contributed by atoms with Gasteiger partial charge in [0, 0.05) is 19.3 Å². The lowest BCUT2D eigenvalue weighted by Gasteiger charge is -2.24. The first-order valence-electron chi connectivity index (χ1n) is 6.68. The third-order valence-corrected chi connectivity index (χ3v) is 5.56. The second kappa shape index (κ2) is 5.35. The quantitative estimate of drug-likeness (QED) is 0.889. The van der Waals surface area contributed by atoms with E-state index in [4.69, 9.17) is 4.74 Å². The molecule has 1 atom stereocenters. The Morgan fingerprint density at radius 1 is 1.25 bits per heavy atom. The van der Waals surface area contributed by atoms with Gasteiger partial charge in [-0.2, -0.15) is 0 Å². The SMILES string of the molecule is CNc1cc(C)c(S(=O)(=O)NC2(C)CCOC2)c(C)c1. The Morgan fingerprint density at radius 2 is 1.85 bits per heavy atom. The largest absolute Gasteiger partial charge is 0.388 e.